The summed E-state index contributed by atoms with van der Waals surface area (Å²) in [6.07, 6.45) is 6.89. The van der Waals surface area contributed by atoms with Crippen molar-refractivity contribution in [1.82, 2.24) is 15.2 Å². The molecule has 0 radical (unpaired) electrons. The summed E-state index contributed by atoms with van der Waals surface area (Å²) >= 11 is 5.72. The van der Waals surface area contributed by atoms with E-state index in [1.807, 2.05) is 18.3 Å². The van der Waals surface area contributed by atoms with E-state index in [1.165, 1.54) is 36.8 Å². The van der Waals surface area contributed by atoms with E-state index in [0.29, 0.717) is 6.04 Å². The van der Waals surface area contributed by atoms with Crippen LogP contribution in [0.1, 0.15) is 42.5 Å². The molecule has 1 aliphatic rings. The van der Waals surface area contributed by atoms with Gasteiger partial charge in [-0.15, -0.1) is 0 Å². The number of hydrogen-bond acceptors (Lipinski definition) is 2. The van der Waals surface area contributed by atoms with Crippen LogP contribution in [-0.4, -0.2) is 21.0 Å². The highest BCUT2D eigenvalue weighted by Crippen LogP contribution is 2.25. The minimum Gasteiger partial charge on any atom is -0.358 e. The molecule has 1 fully saturated rings. The third kappa shape index (κ3) is 4.54. The molecule has 1 saturated carbocycles. The van der Waals surface area contributed by atoms with Crippen molar-refractivity contribution in [2.45, 2.75) is 51.7 Å². The van der Waals surface area contributed by atoms with E-state index in [-0.39, 0.29) is 0 Å². The van der Waals surface area contributed by atoms with Gasteiger partial charge < -0.3 is 10.2 Å². The molecule has 0 atom stereocenters. The van der Waals surface area contributed by atoms with Crippen LogP contribution in [-0.2, 0) is 13.1 Å². The van der Waals surface area contributed by atoms with E-state index in [9.17, 15) is 0 Å². The van der Waals surface area contributed by atoms with Gasteiger partial charge >= 0.3 is 0 Å². The van der Waals surface area contributed by atoms with Gasteiger partial charge in [0.2, 0.25) is 0 Å². The van der Waals surface area contributed by atoms with Gasteiger partial charge in [0.1, 0.15) is 0 Å². The molecule has 4 heteroatoms. The predicted molar refractivity (Wildman–Crippen MR) is 103 cm³/mol. The molecule has 3 nitrogen and oxygen atoms in total. The Bertz CT molecular complexity index is 648. The Morgan fingerprint density at radius 3 is 2.58 bits per heavy atom. The minimum atomic E-state index is 0.532. The standard InChI is InChI=1S/C20H25N3S/c1-16-9-11-17(12-10-16)14-22-20(24)23(19-7-2-3-8-19)15-18-6-4-5-13-21-18/h4-6,9-13,19H,2-3,7-8,14-15H2,1H3,(H,22,24). The van der Waals surface area contributed by atoms with Crippen molar-refractivity contribution in [3.63, 3.8) is 0 Å². The molecular weight excluding hydrogens is 314 g/mol. The molecule has 0 bridgehead atoms. The lowest BCUT2D eigenvalue weighted by Gasteiger charge is -2.31. The zero-order valence-corrected chi connectivity index (χ0v) is 15.1. The highest BCUT2D eigenvalue weighted by Gasteiger charge is 2.24. The molecule has 24 heavy (non-hydrogen) atoms. The third-order valence-corrected chi connectivity index (χ3v) is 5.03. The molecule has 0 spiro atoms. The summed E-state index contributed by atoms with van der Waals surface area (Å²) in [6, 6.07) is 15.2. The molecule has 0 amide bonds. The number of thiocarbonyl (C=S) groups is 1. The van der Waals surface area contributed by atoms with Gasteiger partial charge in [-0.3, -0.25) is 4.98 Å². The van der Waals surface area contributed by atoms with E-state index >= 15 is 0 Å². The first-order valence-electron chi connectivity index (χ1n) is 8.72. The highest BCUT2D eigenvalue weighted by molar-refractivity contribution is 7.80. The summed E-state index contributed by atoms with van der Waals surface area (Å²) in [4.78, 5) is 6.80. The maximum atomic E-state index is 5.72. The monoisotopic (exact) mass is 339 g/mol. The Hall–Kier alpha value is -1.94. The quantitative estimate of drug-likeness (QED) is 0.826. The minimum absolute atomic E-state index is 0.532. The molecular formula is C20H25N3S. The molecule has 3 rings (SSSR count). The fourth-order valence-electron chi connectivity index (χ4n) is 3.23. The number of pyridine rings is 1. The number of benzene rings is 1. The van der Waals surface area contributed by atoms with Crippen molar-refractivity contribution in [2.75, 3.05) is 0 Å². The van der Waals surface area contributed by atoms with Crippen LogP contribution in [0, 0.1) is 6.92 Å². The first kappa shape index (κ1) is 16.9. The van der Waals surface area contributed by atoms with Gasteiger partial charge in [0.25, 0.3) is 0 Å². The largest absolute Gasteiger partial charge is 0.358 e. The second-order valence-corrected chi connectivity index (χ2v) is 6.92. The van der Waals surface area contributed by atoms with Gasteiger partial charge in [0.15, 0.2) is 5.11 Å². The van der Waals surface area contributed by atoms with Gasteiger partial charge in [0.05, 0.1) is 12.2 Å². The maximum Gasteiger partial charge on any atom is 0.169 e. The van der Waals surface area contributed by atoms with Crippen molar-refractivity contribution < 1.29 is 0 Å². The van der Waals surface area contributed by atoms with Crippen LogP contribution < -0.4 is 5.32 Å². The lowest BCUT2D eigenvalue weighted by atomic mass is 10.1. The van der Waals surface area contributed by atoms with Crippen molar-refractivity contribution in [3.05, 3.63) is 65.5 Å². The molecule has 0 aliphatic heterocycles. The summed E-state index contributed by atoms with van der Waals surface area (Å²) in [5.41, 5.74) is 3.61. The van der Waals surface area contributed by atoms with Crippen LogP contribution >= 0.6 is 12.2 Å². The number of nitrogens with zero attached hydrogens (tertiary/aromatic N) is 2. The molecule has 2 aromatic rings. The van der Waals surface area contributed by atoms with Crippen LogP contribution in [0.2, 0.25) is 0 Å². The Balaban J connectivity index is 1.65. The second-order valence-electron chi connectivity index (χ2n) is 6.53. The van der Waals surface area contributed by atoms with Crippen molar-refractivity contribution in [3.8, 4) is 0 Å². The molecule has 1 aromatic heterocycles. The van der Waals surface area contributed by atoms with Crippen LogP contribution in [0.5, 0.6) is 0 Å². The topological polar surface area (TPSA) is 28.2 Å². The zero-order valence-electron chi connectivity index (χ0n) is 14.2. The van der Waals surface area contributed by atoms with Gasteiger partial charge in [0, 0.05) is 18.8 Å². The molecule has 1 N–H and O–H groups in total. The first-order chi connectivity index (χ1) is 11.7. The zero-order chi connectivity index (χ0) is 16.8. The average Bonchev–Trinajstić information content (AvgIpc) is 3.14. The summed E-state index contributed by atoms with van der Waals surface area (Å²) in [6.45, 7) is 3.66. The van der Waals surface area contributed by atoms with Gasteiger partial charge in [-0.2, -0.15) is 0 Å². The number of aryl methyl sites for hydroxylation is 1. The molecule has 1 aliphatic carbocycles. The summed E-state index contributed by atoms with van der Waals surface area (Å²) in [7, 11) is 0. The average molecular weight is 340 g/mol. The normalized spacial score (nSPS) is 14.5. The molecule has 1 aromatic carbocycles. The van der Waals surface area contributed by atoms with Gasteiger partial charge in [-0.05, 0) is 49.7 Å². The first-order valence-corrected chi connectivity index (χ1v) is 9.13. The lowest BCUT2D eigenvalue weighted by Crippen LogP contribution is -2.44. The second kappa shape index (κ2) is 8.25. The molecule has 0 saturated heterocycles. The molecule has 1 heterocycles. The number of nitrogens with one attached hydrogen (secondary N) is 1. The fraction of sp³-hybridized carbons (Fsp3) is 0.400. The summed E-state index contributed by atoms with van der Waals surface area (Å²) in [5, 5.41) is 4.29. The number of rotatable bonds is 5. The Labute approximate surface area is 150 Å². The SMILES string of the molecule is Cc1ccc(CNC(=S)N(Cc2ccccn2)C2CCCC2)cc1. The molecule has 126 valence electrons. The van der Waals surface area contributed by atoms with E-state index < -0.39 is 0 Å². The van der Waals surface area contributed by atoms with E-state index in [2.05, 4.69) is 52.5 Å². The lowest BCUT2D eigenvalue weighted by molar-refractivity contribution is 0.300. The predicted octanol–water partition coefficient (Wildman–Crippen LogP) is 4.21. The third-order valence-electron chi connectivity index (χ3n) is 4.65. The fourth-order valence-corrected chi connectivity index (χ4v) is 3.52. The van der Waals surface area contributed by atoms with E-state index in [4.69, 9.17) is 12.2 Å². The maximum absolute atomic E-state index is 5.72. The summed E-state index contributed by atoms with van der Waals surface area (Å²) < 4.78 is 0. The van der Waals surface area contributed by atoms with Crippen molar-refractivity contribution in [1.29, 1.82) is 0 Å². The van der Waals surface area contributed by atoms with Crippen LogP contribution in [0.25, 0.3) is 0 Å². The van der Waals surface area contributed by atoms with Crippen molar-refractivity contribution >= 4 is 17.3 Å². The molecule has 0 unspecified atom stereocenters. The van der Waals surface area contributed by atoms with Crippen LogP contribution in [0.4, 0.5) is 0 Å². The highest BCUT2D eigenvalue weighted by atomic mass is 32.1. The van der Waals surface area contributed by atoms with Crippen LogP contribution in [0.15, 0.2) is 48.7 Å². The van der Waals surface area contributed by atoms with Gasteiger partial charge in [-0.1, -0.05) is 48.7 Å². The van der Waals surface area contributed by atoms with E-state index in [0.717, 1.165) is 23.9 Å². The van der Waals surface area contributed by atoms with E-state index in [1.54, 1.807) is 0 Å². The summed E-state index contributed by atoms with van der Waals surface area (Å²) in [5.74, 6) is 0. The smallest absolute Gasteiger partial charge is 0.169 e. The Morgan fingerprint density at radius 1 is 1.17 bits per heavy atom. The van der Waals surface area contributed by atoms with Crippen LogP contribution in [0.3, 0.4) is 0 Å². The Morgan fingerprint density at radius 2 is 1.92 bits per heavy atom. The number of hydrogen-bond donors (Lipinski definition) is 1. The van der Waals surface area contributed by atoms with Gasteiger partial charge in [-0.25, -0.2) is 0 Å². The number of aromatic nitrogens is 1. The Kier molecular flexibility index (Phi) is 5.81. The van der Waals surface area contributed by atoms with Crippen molar-refractivity contribution in [2.24, 2.45) is 0 Å².